The number of amides is 4. The number of nitrogens with one attached hydrogen (secondary N) is 1. The summed E-state index contributed by atoms with van der Waals surface area (Å²) in [5, 5.41) is 2.20. The lowest BCUT2D eigenvalue weighted by molar-refractivity contribution is -0.136. The van der Waals surface area contributed by atoms with E-state index in [0.29, 0.717) is 17.7 Å². The third kappa shape index (κ3) is 2.84. The van der Waals surface area contributed by atoms with Gasteiger partial charge in [0, 0.05) is 31.1 Å². The van der Waals surface area contributed by atoms with Gasteiger partial charge in [0.15, 0.2) is 0 Å². The standard InChI is InChI=1S/C20H24N4O4/c1-20(2)15(21)7-8-23(20)10-11-3-4-12-13(9-11)19(28)24(18(12)27)14-5-6-16(25)22-17(14)26/h3-4,9,14-15H,5-8,10,21H2,1-2H3,(H,22,25,26). The van der Waals surface area contributed by atoms with E-state index in [2.05, 4.69) is 24.1 Å². The highest BCUT2D eigenvalue weighted by Crippen LogP contribution is 2.32. The molecule has 0 aromatic heterocycles. The highest BCUT2D eigenvalue weighted by atomic mass is 16.2. The molecule has 0 bridgehead atoms. The summed E-state index contributed by atoms with van der Waals surface area (Å²) in [4.78, 5) is 52.4. The first-order valence-electron chi connectivity index (χ1n) is 9.55. The molecule has 28 heavy (non-hydrogen) atoms. The Morgan fingerprint density at radius 2 is 1.82 bits per heavy atom. The van der Waals surface area contributed by atoms with Crippen molar-refractivity contribution >= 4 is 23.6 Å². The zero-order chi connectivity index (χ0) is 20.2. The summed E-state index contributed by atoms with van der Waals surface area (Å²) < 4.78 is 0. The molecule has 0 aliphatic carbocycles. The fraction of sp³-hybridized carbons (Fsp3) is 0.500. The summed E-state index contributed by atoms with van der Waals surface area (Å²) in [6.45, 7) is 5.73. The average molecular weight is 384 g/mol. The zero-order valence-corrected chi connectivity index (χ0v) is 16.0. The normalized spacial score (nSPS) is 27.3. The molecule has 2 atom stereocenters. The summed E-state index contributed by atoms with van der Waals surface area (Å²) in [6.07, 6.45) is 1.18. The molecule has 0 spiro atoms. The lowest BCUT2D eigenvalue weighted by Crippen LogP contribution is -2.54. The van der Waals surface area contributed by atoms with Crippen molar-refractivity contribution < 1.29 is 19.2 Å². The van der Waals surface area contributed by atoms with Crippen LogP contribution in [0.5, 0.6) is 0 Å². The van der Waals surface area contributed by atoms with Gasteiger partial charge in [0.05, 0.1) is 11.1 Å². The van der Waals surface area contributed by atoms with Crippen LogP contribution in [0.15, 0.2) is 18.2 Å². The van der Waals surface area contributed by atoms with Gasteiger partial charge in [-0.15, -0.1) is 0 Å². The lowest BCUT2D eigenvalue weighted by Gasteiger charge is -2.34. The first kappa shape index (κ1) is 18.8. The number of nitrogens with zero attached hydrogens (tertiary/aromatic N) is 2. The Morgan fingerprint density at radius 1 is 1.11 bits per heavy atom. The van der Waals surface area contributed by atoms with E-state index in [0.717, 1.165) is 23.4 Å². The van der Waals surface area contributed by atoms with E-state index >= 15 is 0 Å². The van der Waals surface area contributed by atoms with Crippen LogP contribution >= 0.6 is 0 Å². The SMILES string of the molecule is CC1(C)C(N)CCN1Cc1ccc2c(c1)C(=O)N(C1CCC(=O)NC1=O)C2=O. The number of rotatable bonds is 3. The van der Waals surface area contributed by atoms with E-state index in [-0.39, 0.29) is 30.3 Å². The average Bonchev–Trinajstić information content (AvgIpc) is 3.03. The molecule has 3 aliphatic rings. The maximum Gasteiger partial charge on any atom is 0.262 e. The van der Waals surface area contributed by atoms with Crippen LogP contribution in [-0.4, -0.2) is 57.6 Å². The second-order valence-corrected chi connectivity index (χ2v) is 8.30. The van der Waals surface area contributed by atoms with Crippen LogP contribution in [0.1, 0.15) is 59.4 Å². The largest absolute Gasteiger partial charge is 0.326 e. The number of likely N-dealkylation sites (tertiary alicyclic amines) is 1. The second kappa shape index (κ2) is 6.49. The van der Waals surface area contributed by atoms with E-state index in [1.54, 1.807) is 12.1 Å². The zero-order valence-electron chi connectivity index (χ0n) is 16.0. The molecule has 1 aromatic carbocycles. The van der Waals surface area contributed by atoms with Crippen molar-refractivity contribution in [1.29, 1.82) is 0 Å². The van der Waals surface area contributed by atoms with Gasteiger partial charge < -0.3 is 5.73 Å². The predicted molar refractivity (Wildman–Crippen MR) is 100 cm³/mol. The van der Waals surface area contributed by atoms with Crippen LogP contribution < -0.4 is 11.1 Å². The molecule has 2 unspecified atom stereocenters. The fourth-order valence-electron chi connectivity index (χ4n) is 4.29. The number of imide groups is 2. The third-order valence-electron chi connectivity index (χ3n) is 6.31. The topological polar surface area (TPSA) is 113 Å². The van der Waals surface area contributed by atoms with Crippen molar-refractivity contribution in [2.45, 2.75) is 57.3 Å². The van der Waals surface area contributed by atoms with Gasteiger partial charge in [-0.3, -0.25) is 34.3 Å². The van der Waals surface area contributed by atoms with Gasteiger partial charge in [0.2, 0.25) is 11.8 Å². The molecule has 0 saturated carbocycles. The van der Waals surface area contributed by atoms with Crippen molar-refractivity contribution in [1.82, 2.24) is 15.1 Å². The van der Waals surface area contributed by atoms with Gasteiger partial charge >= 0.3 is 0 Å². The Balaban J connectivity index is 1.58. The summed E-state index contributed by atoms with van der Waals surface area (Å²) in [5.41, 5.74) is 7.60. The highest BCUT2D eigenvalue weighted by Gasteiger charge is 2.45. The molecule has 148 valence electrons. The van der Waals surface area contributed by atoms with Crippen molar-refractivity contribution in [3.05, 3.63) is 34.9 Å². The highest BCUT2D eigenvalue weighted by molar-refractivity contribution is 6.23. The van der Waals surface area contributed by atoms with Crippen molar-refractivity contribution in [3.8, 4) is 0 Å². The molecular weight excluding hydrogens is 360 g/mol. The Labute approximate surface area is 163 Å². The number of piperidine rings is 1. The predicted octanol–water partition coefficient (Wildman–Crippen LogP) is 0.399. The van der Waals surface area contributed by atoms with Crippen LogP contribution in [0.3, 0.4) is 0 Å². The van der Waals surface area contributed by atoms with E-state index in [9.17, 15) is 19.2 Å². The molecule has 2 saturated heterocycles. The number of fused-ring (bicyclic) bond motifs is 1. The van der Waals surface area contributed by atoms with Gasteiger partial charge in [-0.1, -0.05) is 6.07 Å². The van der Waals surface area contributed by atoms with Gasteiger partial charge in [0.25, 0.3) is 11.8 Å². The number of hydrogen-bond donors (Lipinski definition) is 2. The number of benzene rings is 1. The number of carbonyl (C=O) groups excluding carboxylic acids is 4. The van der Waals surface area contributed by atoms with Gasteiger partial charge in [0.1, 0.15) is 6.04 Å². The van der Waals surface area contributed by atoms with Crippen LogP contribution in [-0.2, 0) is 16.1 Å². The minimum absolute atomic E-state index is 0.0909. The first-order chi connectivity index (χ1) is 13.2. The van der Waals surface area contributed by atoms with Crippen LogP contribution in [0, 0.1) is 0 Å². The van der Waals surface area contributed by atoms with Gasteiger partial charge in [-0.2, -0.15) is 0 Å². The smallest absolute Gasteiger partial charge is 0.262 e. The quantitative estimate of drug-likeness (QED) is 0.730. The van der Waals surface area contributed by atoms with Crippen LogP contribution in [0.4, 0.5) is 0 Å². The molecule has 4 amide bonds. The second-order valence-electron chi connectivity index (χ2n) is 8.30. The van der Waals surface area contributed by atoms with Crippen molar-refractivity contribution in [3.63, 3.8) is 0 Å². The molecule has 0 radical (unpaired) electrons. The Kier molecular flexibility index (Phi) is 4.35. The molecule has 1 aromatic rings. The Bertz CT molecular complexity index is 894. The number of nitrogens with two attached hydrogens (primary N) is 1. The summed E-state index contributed by atoms with van der Waals surface area (Å²) >= 11 is 0. The van der Waals surface area contributed by atoms with E-state index < -0.39 is 23.8 Å². The molecule has 4 rings (SSSR count). The molecular formula is C20H24N4O4. The molecule has 8 heteroatoms. The van der Waals surface area contributed by atoms with E-state index in [4.69, 9.17) is 5.73 Å². The maximum atomic E-state index is 12.9. The van der Waals surface area contributed by atoms with E-state index in [1.165, 1.54) is 0 Å². The van der Waals surface area contributed by atoms with Crippen LogP contribution in [0.2, 0.25) is 0 Å². The minimum atomic E-state index is -0.941. The lowest BCUT2D eigenvalue weighted by atomic mass is 9.96. The Morgan fingerprint density at radius 3 is 2.46 bits per heavy atom. The molecule has 2 fully saturated rings. The maximum absolute atomic E-state index is 12.9. The minimum Gasteiger partial charge on any atom is -0.326 e. The van der Waals surface area contributed by atoms with Gasteiger partial charge in [-0.25, -0.2) is 0 Å². The first-order valence-corrected chi connectivity index (χ1v) is 9.55. The van der Waals surface area contributed by atoms with E-state index in [1.807, 2.05) is 6.07 Å². The third-order valence-corrected chi connectivity index (χ3v) is 6.31. The summed E-state index contributed by atoms with van der Waals surface area (Å²) in [6, 6.07) is 4.39. The number of hydrogen-bond acceptors (Lipinski definition) is 6. The van der Waals surface area contributed by atoms with Gasteiger partial charge in [-0.05, 0) is 44.4 Å². The monoisotopic (exact) mass is 384 g/mol. The Hall–Kier alpha value is -2.58. The summed E-state index contributed by atoms with van der Waals surface area (Å²) in [5.74, 6) is -1.94. The molecule has 3 aliphatic heterocycles. The molecule has 8 nitrogen and oxygen atoms in total. The molecule has 3 N–H and O–H groups in total. The fourth-order valence-corrected chi connectivity index (χ4v) is 4.29. The van der Waals surface area contributed by atoms with Crippen LogP contribution in [0.25, 0.3) is 0 Å². The summed E-state index contributed by atoms with van der Waals surface area (Å²) in [7, 11) is 0. The van der Waals surface area contributed by atoms with Crippen molar-refractivity contribution in [2.24, 2.45) is 5.73 Å². The molecule has 3 heterocycles. The number of carbonyl (C=O) groups is 4. The van der Waals surface area contributed by atoms with Crippen molar-refractivity contribution in [2.75, 3.05) is 6.54 Å².